The smallest absolute Gasteiger partial charge is 0.0597 e. The molecule has 0 spiro atoms. The van der Waals surface area contributed by atoms with E-state index in [0.29, 0.717) is 6.10 Å². The predicted molar refractivity (Wildman–Crippen MR) is 46.6 cm³/mol. The Balaban J connectivity index is 0.000000292. The highest BCUT2D eigenvalue weighted by molar-refractivity contribution is 4.65. The van der Waals surface area contributed by atoms with E-state index in [-0.39, 0.29) is 6.61 Å². The molecule has 0 radical (unpaired) electrons. The van der Waals surface area contributed by atoms with Crippen molar-refractivity contribution in [2.45, 2.75) is 45.6 Å². The highest BCUT2D eigenvalue weighted by atomic mass is 16.5. The van der Waals surface area contributed by atoms with E-state index in [1.165, 1.54) is 25.7 Å². The summed E-state index contributed by atoms with van der Waals surface area (Å²) in [6.45, 7) is 5.16. The second-order valence-electron chi connectivity index (χ2n) is 2.74. The molecule has 2 nitrogen and oxygen atoms in total. The average molecular weight is 160 g/mol. The molecule has 2 heteroatoms. The summed E-state index contributed by atoms with van der Waals surface area (Å²) in [5.74, 6) is 0. The molecule has 0 aromatic rings. The fourth-order valence-electron chi connectivity index (χ4n) is 0.944. The summed E-state index contributed by atoms with van der Waals surface area (Å²) in [6, 6.07) is 0. The third-order valence-electron chi connectivity index (χ3n) is 1.67. The van der Waals surface area contributed by atoms with Crippen LogP contribution in [0.5, 0.6) is 0 Å². The van der Waals surface area contributed by atoms with Gasteiger partial charge in [-0.2, -0.15) is 0 Å². The molecule has 1 heterocycles. The lowest BCUT2D eigenvalue weighted by Gasteiger charge is -2.25. The van der Waals surface area contributed by atoms with Gasteiger partial charge in [0.15, 0.2) is 0 Å². The van der Waals surface area contributed by atoms with Gasteiger partial charge in [0.05, 0.1) is 6.10 Å². The minimum atomic E-state index is 0.250. The quantitative estimate of drug-likeness (QED) is 0.684. The average Bonchev–Trinajstić information content (AvgIpc) is 1.87. The molecule has 0 aromatic heterocycles. The summed E-state index contributed by atoms with van der Waals surface area (Å²) in [5.41, 5.74) is 0. The molecule has 1 unspecified atom stereocenters. The molecular formula is C9H20O2. The van der Waals surface area contributed by atoms with Crippen molar-refractivity contribution in [1.82, 2.24) is 0 Å². The molecule has 1 atom stereocenters. The van der Waals surface area contributed by atoms with Gasteiger partial charge in [0, 0.05) is 13.2 Å². The van der Waals surface area contributed by atoms with Crippen LogP contribution in [0.25, 0.3) is 0 Å². The molecule has 0 bridgehead atoms. The maximum absolute atomic E-state index is 7.57. The molecule has 11 heavy (non-hydrogen) atoms. The first kappa shape index (κ1) is 10.9. The van der Waals surface area contributed by atoms with Crippen LogP contribution in [0.3, 0.4) is 0 Å². The molecule has 68 valence electrons. The normalized spacial score (nSPS) is 21.5. The highest BCUT2D eigenvalue weighted by Crippen LogP contribution is 2.16. The van der Waals surface area contributed by atoms with E-state index in [0.717, 1.165) is 6.61 Å². The number of hydrogen-bond acceptors (Lipinski definition) is 2. The van der Waals surface area contributed by atoms with Gasteiger partial charge in [-0.05, 0) is 19.8 Å². The third kappa shape index (κ3) is 6.32. The van der Waals surface area contributed by atoms with E-state index < -0.39 is 0 Å². The number of unbranched alkanes of at least 4 members (excludes halogenated alkanes) is 1. The van der Waals surface area contributed by atoms with Crippen molar-refractivity contribution in [3.8, 4) is 0 Å². The van der Waals surface area contributed by atoms with E-state index in [9.17, 15) is 0 Å². The summed E-state index contributed by atoms with van der Waals surface area (Å²) in [7, 11) is 0. The van der Waals surface area contributed by atoms with E-state index in [1.54, 1.807) is 6.92 Å². The van der Waals surface area contributed by atoms with E-state index in [4.69, 9.17) is 9.84 Å². The van der Waals surface area contributed by atoms with Gasteiger partial charge in [0.1, 0.15) is 0 Å². The van der Waals surface area contributed by atoms with Crippen LogP contribution in [0.2, 0.25) is 0 Å². The van der Waals surface area contributed by atoms with Crippen LogP contribution in [-0.2, 0) is 4.74 Å². The molecule has 1 rings (SSSR count). The van der Waals surface area contributed by atoms with E-state index >= 15 is 0 Å². The maximum Gasteiger partial charge on any atom is 0.0597 e. The Morgan fingerprint density at radius 1 is 1.45 bits per heavy atom. The minimum Gasteiger partial charge on any atom is -0.397 e. The molecule has 0 amide bonds. The lowest BCUT2D eigenvalue weighted by atomic mass is 10.1. The molecule has 0 aromatic carbocycles. The summed E-state index contributed by atoms with van der Waals surface area (Å²) in [5, 5.41) is 7.57. The Labute approximate surface area is 69.6 Å². The monoisotopic (exact) mass is 160 g/mol. The van der Waals surface area contributed by atoms with Crippen LogP contribution in [0.1, 0.15) is 39.5 Å². The van der Waals surface area contributed by atoms with Gasteiger partial charge >= 0.3 is 0 Å². The first-order chi connectivity index (χ1) is 5.35. The summed E-state index contributed by atoms with van der Waals surface area (Å²) < 4.78 is 5.23. The lowest BCUT2D eigenvalue weighted by Crippen LogP contribution is -2.26. The number of rotatable bonds is 3. The number of ether oxygens (including phenoxy) is 1. The van der Waals surface area contributed by atoms with Crippen molar-refractivity contribution < 1.29 is 9.84 Å². The topological polar surface area (TPSA) is 29.5 Å². The molecule has 0 saturated carbocycles. The Morgan fingerprint density at radius 2 is 2.00 bits per heavy atom. The van der Waals surface area contributed by atoms with Crippen LogP contribution >= 0.6 is 0 Å². The Bertz CT molecular complexity index is 70.0. The van der Waals surface area contributed by atoms with Crippen LogP contribution in [0.4, 0.5) is 0 Å². The minimum absolute atomic E-state index is 0.250. The van der Waals surface area contributed by atoms with E-state index in [2.05, 4.69) is 6.92 Å². The van der Waals surface area contributed by atoms with Gasteiger partial charge in [-0.3, -0.25) is 0 Å². The zero-order chi connectivity index (χ0) is 8.53. The SMILES string of the molecule is CCCCC1CCO1.CCO. The second-order valence-corrected chi connectivity index (χ2v) is 2.74. The zero-order valence-electron chi connectivity index (χ0n) is 7.68. The van der Waals surface area contributed by atoms with Crippen molar-refractivity contribution in [3.63, 3.8) is 0 Å². The van der Waals surface area contributed by atoms with Gasteiger partial charge in [-0.25, -0.2) is 0 Å². The molecule has 1 saturated heterocycles. The van der Waals surface area contributed by atoms with Gasteiger partial charge < -0.3 is 9.84 Å². The fourth-order valence-corrected chi connectivity index (χ4v) is 0.944. The summed E-state index contributed by atoms with van der Waals surface area (Å²) in [4.78, 5) is 0. The van der Waals surface area contributed by atoms with Gasteiger partial charge in [0.2, 0.25) is 0 Å². The fraction of sp³-hybridized carbons (Fsp3) is 1.00. The van der Waals surface area contributed by atoms with Crippen LogP contribution in [0, 0.1) is 0 Å². The zero-order valence-corrected chi connectivity index (χ0v) is 7.68. The van der Waals surface area contributed by atoms with Crippen molar-refractivity contribution in [2.75, 3.05) is 13.2 Å². The standard InChI is InChI=1S/C7H14O.C2H6O/c1-2-3-4-7-5-6-8-7;1-2-3/h7H,2-6H2,1H3;3H,2H2,1H3. The maximum atomic E-state index is 7.57. The number of aliphatic hydroxyl groups is 1. The summed E-state index contributed by atoms with van der Waals surface area (Å²) >= 11 is 0. The molecule has 1 fully saturated rings. The predicted octanol–water partition coefficient (Wildman–Crippen LogP) is 1.96. The van der Waals surface area contributed by atoms with Crippen molar-refractivity contribution in [1.29, 1.82) is 0 Å². The number of aliphatic hydroxyl groups excluding tert-OH is 1. The first-order valence-electron chi connectivity index (χ1n) is 4.57. The van der Waals surface area contributed by atoms with Gasteiger partial charge in [0.25, 0.3) is 0 Å². The summed E-state index contributed by atoms with van der Waals surface area (Å²) in [6.07, 6.45) is 5.87. The Hall–Kier alpha value is -0.0800. The van der Waals surface area contributed by atoms with Crippen molar-refractivity contribution in [3.05, 3.63) is 0 Å². The van der Waals surface area contributed by atoms with Crippen molar-refractivity contribution >= 4 is 0 Å². The Kier molecular flexibility index (Phi) is 7.96. The third-order valence-corrected chi connectivity index (χ3v) is 1.67. The van der Waals surface area contributed by atoms with Crippen molar-refractivity contribution in [2.24, 2.45) is 0 Å². The van der Waals surface area contributed by atoms with Crippen LogP contribution < -0.4 is 0 Å². The molecular weight excluding hydrogens is 140 g/mol. The largest absolute Gasteiger partial charge is 0.397 e. The highest BCUT2D eigenvalue weighted by Gasteiger charge is 2.15. The first-order valence-corrected chi connectivity index (χ1v) is 4.57. The van der Waals surface area contributed by atoms with Gasteiger partial charge in [-0.1, -0.05) is 19.8 Å². The molecule has 1 N–H and O–H groups in total. The molecule has 0 aliphatic carbocycles. The van der Waals surface area contributed by atoms with E-state index in [1.807, 2.05) is 0 Å². The molecule has 1 aliphatic rings. The van der Waals surface area contributed by atoms with Gasteiger partial charge in [-0.15, -0.1) is 0 Å². The second kappa shape index (κ2) is 8.02. The number of hydrogen-bond donors (Lipinski definition) is 1. The van der Waals surface area contributed by atoms with Crippen LogP contribution in [-0.4, -0.2) is 24.4 Å². The molecule has 1 aliphatic heterocycles. The Morgan fingerprint density at radius 3 is 2.27 bits per heavy atom. The van der Waals surface area contributed by atoms with Crippen LogP contribution in [0.15, 0.2) is 0 Å². The lowest BCUT2D eigenvalue weighted by molar-refractivity contribution is -0.0553.